The van der Waals surface area contributed by atoms with Crippen molar-refractivity contribution >= 4 is 47.0 Å². The number of halogens is 1. The summed E-state index contributed by atoms with van der Waals surface area (Å²) in [7, 11) is 1.67. The molecule has 0 aliphatic heterocycles. The number of ether oxygens (including phenoxy) is 1. The maximum atomic E-state index is 5.97. The van der Waals surface area contributed by atoms with E-state index in [2.05, 4.69) is 34.5 Å². The molecule has 0 atom stereocenters. The van der Waals surface area contributed by atoms with Crippen LogP contribution in [0.4, 0.5) is 5.69 Å². The Morgan fingerprint density at radius 1 is 1.38 bits per heavy atom. The Labute approximate surface area is 164 Å². The summed E-state index contributed by atoms with van der Waals surface area (Å²) < 4.78 is 5.18. The summed E-state index contributed by atoms with van der Waals surface area (Å²) in [6.07, 6.45) is 0.797. The number of thiazole rings is 1. The lowest BCUT2D eigenvalue weighted by atomic mass is 10.2. The lowest BCUT2D eigenvalue weighted by molar-refractivity contribution is 0.185. The van der Waals surface area contributed by atoms with Crippen molar-refractivity contribution in [2.24, 2.45) is 10.7 Å². The molecule has 132 valence electrons. The van der Waals surface area contributed by atoms with E-state index in [1.165, 1.54) is 5.01 Å². The first kappa shape index (κ1) is 20.9. The second-order valence-corrected chi connectivity index (χ2v) is 6.45. The quantitative estimate of drug-likeness (QED) is 0.372. The Balaban J connectivity index is 0.00000288. The van der Waals surface area contributed by atoms with E-state index in [0.29, 0.717) is 25.0 Å². The highest BCUT2D eigenvalue weighted by Crippen LogP contribution is 2.19. The summed E-state index contributed by atoms with van der Waals surface area (Å²) in [5.74, 6) is 0.883. The average Bonchev–Trinajstić information content (AvgIpc) is 2.99. The molecule has 0 radical (unpaired) electrons. The van der Waals surface area contributed by atoms with Gasteiger partial charge in [-0.15, -0.1) is 35.3 Å². The second-order valence-electron chi connectivity index (χ2n) is 5.56. The number of para-hydroxylation sites is 1. The fraction of sp³-hybridized carbons (Fsp3) is 0.412. The highest BCUT2D eigenvalue weighted by Gasteiger charge is 2.06. The van der Waals surface area contributed by atoms with Gasteiger partial charge in [0.05, 0.1) is 17.3 Å². The number of methoxy groups -OCH3 is 1. The van der Waals surface area contributed by atoms with Crippen LogP contribution in [0.3, 0.4) is 0 Å². The van der Waals surface area contributed by atoms with E-state index < -0.39 is 0 Å². The summed E-state index contributed by atoms with van der Waals surface area (Å²) in [5.41, 5.74) is 9.02. The molecule has 0 amide bonds. The summed E-state index contributed by atoms with van der Waals surface area (Å²) in [6.45, 7) is 5.46. The van der Waals surface area contributed by atoms with Crippen LogP contribution < -0.4 is 11.1 Å². The van der Waals surface area contributed by atoms with Gasteiger partial charge in [-0.25, -0.2) is 4.98 Å². The number of nitrogens with one attached hydrogen (secondary N) is 1. The Morgan fingerprint density at radius 2 is 2.12 bits per heavy atom. The molecule has 0 spiro atoms. The number of aromatic nitrogens is 1. The Bertz CT molecular complexity index is 658. The largest absolute Gasteiger partial charge is 0.380 e. The van der Waals surface area contributed by atoms with Crippen molar-refractivity contribution < 1.29 is 4.74 Å². The molecular formula is C17H25IN4OS. The highest BCUT2D eigenvalue weighted by molar-refractivity contribution is 14.0. The number of rotatable bonds is 7. The number of nitrogens with zero attached hydrogens (tertiary/aromatic N) is 2. The third-order valence-electron chi connectivity index (χ3n) is 3.29. The van der Waals surface area contributed by atoms with Crippen molar-refractivity contribution in [2.75, 3.05) is 19.0 Å². The molecule has 0 bridgehead atoms. The van der Waals surface area contributed by atoms with Crippen LogP contribution in [0.1, 0.15) is 36.0 Å². The zero-order valence-corrected chi connectivity index (χ0v) is 17.4. The molecule has 0 aliphatic carbocycles. The fourth-order valence-electron chi connectivity index (χ4n) is 2.09. The van der Waals surface area contributed by atoms with E-state index in [1.807, 2.05) is 24.3 Å². The lowest BCUT2D eigenvalue weighted by Crippen LogP contribution is -2.23. The van der Waals surface area contributed by atoms with Gasteiger partial charge in [0.25, 0.3) is 0 Å². The number of benzene rings is 1. The summed E-state index contributed by atoms with van der Waals surface area (Å²) in [4.78, 5) is 8.98. The number of nitrogens with two attached hydrogens (primary N) is 1. The molecule has 7 heteroatoms. The van der Waals surface area contributed by atoms with Crippen LogP contribution >= 0.6 is 35.3 Å². The number of guanidine groups is 1. The molecule has 0 saturated heterocycles. The zero-order valence-electron chi connectivity index (χ0n) is 14.3. The van der Waals surface area contributed by atoms with E-state index in [0.717, 1.165) is 23.4 Å². The van der Waals surface area contributed by atoms with Gasteiger partial charge in [0.15, 0.2) is 5.96 Å². The van der Waals surface area contributed by atoms with Crippen LogP contribution in [0, 0.1) is 0 Å². The van der Waals surface area contributed by atoms with Crippen LogP contribution in [0.2, 0.25) is 0 Å². The summed E-state index contributed by atoms with van der Waals surface area (Å²) in [5, 5.41) is 6.40. The van der Waals surface area contributed by atoms with E-state index in [-0.39, 0.29) is 24.0 Å². The maximum absolute atomic E-state index is 5.97. The standard InChI is InChI=1S/C17H24N4OS.HI/c1-12(2)16-20-14(11-23-16)8-9-19-17(18)21-15-7-5-4-6-13(15)10-22-3;/h4-7,11-12H,8-10H2,1-3H3,(H3,18,19,21);1H. The molecule has 0 fully saturated rings. The third kappa shape index (κ3) is 6.37. The van der Waals surface area contributed by atoms with Gasteiger partial charge in [0.2, 0.25) is 0 Å². The molecule has 0 aliphatic rings. The van der Waals surface area contributed by atoms with Crippen molar-refractivity contribution in [3.05, 3.63) is 45.9 Å². The van der Waals surface area contributed by atoms with Crippen LogP contribution in [-0.2, 0) is 17.8 Å². The van der Waals surface area contributed by atoms with Crippen LogP contribution in [-0.4, -0.2) is 24.6 Å². The second kappa shape index (κ2) is 10.6. The van der Waals surface area contributed by atoms with Gasteiger partial charge < -0.3 is 15.8 Å². The Morgan fingerprint density at radius 3 is 2.79 bits per heavy atom. The minimum atomic E-state index is 0. The number of anilines is 1. The van der Waals surface area contributed by atoms with Crippen LogP contribution in [0.5, 0.6) is 0 Å². The SMILES string of the molecule is COCc1ccccc1NC(N)=NCCc1csc(C(C)C)n1.I. The Hall–Kier alpha value is -1.19. The van der Waals surface area contributed by atoms with Gasteiger partial charge in [-0.05, 0) is 6.07 Å². The lowest BCUT2D eigenvalue weighted by Gasteiger charge is -2.10. The van der Waals surface area contributed by atoms with Gasteiger partial charge >= 0.3 is 0 Å². The molecule has 0 unspecified atom stereocenters. The van der Waals surface area contributed by atoms with E-state index in [4.69, 9.17) is 10.5 Å². The summed E-state index contributed by atoms with van der Waals surface area (Å²) in [6, 6.07) is 7.90. The molecule has 2 aromatic rings. The topological polar surface area (TPSA) is 72.5 Å². The number of aliphatic imine (C=N–C) groups is 1. The van der Waals surface area contributed by atoms with Crippen molar-refractivity contribution in [1.82, 2.24) is 4.98 Å². The van der Waals surface area contributed by atoms with E-state index in [9.17, 15) is 0 Å². The average molecular weight is 460 g/mol. The Kier molecular flexibility index (Phi) is 9.24. The molecule has 2 rings (SSSR count). The molecule has 1 aromatic carbocycles. The minimum absolute atomic E-state index is 0. The van der Waals surface area contributed by atoms with Crippen LogP contribution in [0.25, 0.3) is 0 Å². The van der Waals surface area contributed by atoms with Crippen molar-refractivity contribution in [3.8, 4) is 0 Å². The number of hydrogen-bond donors (Lipinski definition) is 2. The number of hydrogen-bond acceptors (Lipinski definition) is 4. The molecule has 3 N–H and O–H groups in total. The first-order valence-electron chi connectivity index (χ1n) is 7.68. The van der Waals surface area contributed by atoms with Gasteiger partial charge in [0.1, 0.15) is 0 Å². The molecular weight excluding hydrogens is 435 g/mol. The van der Waals surface area contributed by atoms with E-state index in [1.54, 1.807) is 18.4 Å². The molecule has 1 aromatic heterocycles. The van der Waals surface area contributed by atoms with Gasteiger partial charge in [-0.2, -0.15) is 0 Å². The highest BCUT2D eigenvalue weighted by atomic mass is 127. The molecule has 1 heterocycles. The van der Waals surface area contributed by atoms with Crippen molar-refractivity contribution in [2.45, 2.75) is 32.8 Å². The molecule has 0 saturated carbocycles. The van der Waals surface area contributed by atoms with E-state index >= 15 is 0 Å². The van der Waals surface area contributed by atoms with Gasteiger partial charge in [-0.1, -0.05) is 32.0 Å². The van der Waals surface area contributed by atoms with Crippen LogP contribution in [0.15, 0.2) is 34.6 Å². The predicted molar refractivity (Wildman–Crippen MR) is 113 cm³/mol. The summed E-state index contributed by atoms with van der Waals surface area (Å²) >= 11 is 1.71. The third-order valence-corrected chi connectivity index (χ3v) is 4.49. The van der Waals surface area contributed by atoms with Crippen molar-refractivity contribution in [3.63, 3.8) is 0 Å². The predicted octanol–water partition coefficient (Wildman–Crippen LogP) is 4.00. The van der Waals surface area contributed by atoms with Gasteiger partial charge in [0, 0.05) is 42.6 Å². The molecule has 24 heavy (non-hydrogen) atoms. The monoisotopic (exact) mass is 460 g/mol. The minimum Gasteiger partial charge on any atom is -0.380 e. The smallest absolute Gasteiger partial charge is 0.193 e. The first-order valence-corrected chi connectivity index (χ1v) is 8.56. The maximum Gasteiger partial charge on any atom is 0.193 e. The van der Waals surface area contributed by atoms with Crippen molar-refractivity contribution in [1.29, 1.82) is 0 Å². The normalized spacial score (nSPS) is 11.4. The molecule has 5 nitrogen and oxygen atoms in total. The first-order chi connectivity index (χ1) is 11.1. The fourth-order valence-corrected chi connectivity index (χ4v) is 2.96. The van der Waals surface area contributed by atoms with Gasteiger partial charge in [-0.3, -0.25) is 4.99 Å². The zero-order chi connectivity index (χ0) is 16.7.